The first kappa shape index (κ1) is 13.3. The van der Waals surface area contributed by atoms with Gasteiger partial charge in [0.25, 0.3) is 0 Å². The van der Waals surface area contributed by atoms with E-state index in [9.17, 15) is 4.79 Å². The van der Waals surface area contributed by atoms with Crippen LogP contribution in [0.4, 0.5) is 11.5 Å². The molecule has 5 nitrogen and oxygen atoms in total. The predicted molar refractivity (Wildman–Crippen MR) is 68.2 cm³/mol. The number of nitrogen functional groups attached to an aromatic ring is 1. The van der Waals surface area contributed by atoms with E-state index in [2.05, 4.69) is 31.1 Å². The molecule has 1 rings (SSSR count). The average molecular weight is 237 g/mol. The van der Waals surface area contributed by atoms with Crippen LogP contribution in [-0.2, 0) is 0 Å². The van der Waals surface area contributed by atoms with Crippen molar-refractivity contribution in [3.63, 3.8) is 0 Å². The van der Waals surface area contributed by atoms with Crippen LogP contribution in [-0.4, -0.2) is 21.6 Å². The molecule has 0 radical (unpaired) electrons. The highest BCUT2D eigenvalue weighted by Crippen LogP contribution is 2.26. The molecule has 1 heterocycles. The number of nitrogens with two attached hydrogens (primary N) is 1. The van der Waals surface area contributed by atoms with E-state index in [0.29, 0.717) is 5.82 Å². The van der Waals surface area contributed by atoms with Gasteiger partial charge < -0.3 is 16.2 Å². The molecular formula is C12H19N3O2. The van der Waals surface area contributed by atoms with Crippen molar-refractivity contribution in [2.24, 2.45) is 0 Å². The maximum atomic E-state index is 10.9. The summed E-state index contributed by atoms with van der Waals surface area (Å²) in [5, 5.41) is 12.2. The monoisotopic (exact) mass is 237 g/mol. The van der Waals surface area contributed by atoms with Crippen LogP contribution in [0.2, 0.25) is 0 Å². The van der Waals surface area contributed by atoms with Gasteiger partial charge in [0, 0.05) is 11.7 Å². The Balaban J connectivity index is 3.08. The second-order valence-corrected chi connectivity index (χ2v) is 4.32. The lowest BCUT2D eigenvalue weighted by atomic mass is 9.95. The molecule has 1 aromatic heterocycles. The number of anilines is 2. The molecule has 4 N–H and O–H groups in total. The number of nitrogens with zero attached hydrogens (tertiary/aromatic N) is 1. The van der Waals surface area contributed by atoms with Crippen LogP contribution in [0.1, 0.15) is 44.0 Å². The first-order valence-electron chi connectivity index (χ1n) is 5.69. The highest BCUT2D eigenvalue weighted by atomic mass is 16.4. The summed E-state index contributed by atoms with van der Waals surface area (Å²) >= 11 is 0. The molecule has 94 valence electrons. The average Bonchev–Trinajstić information content (AvgIpc) is 2.31. The summed E-state index contributed by atoms with van der Waals surface area (Å²) in [7, 11) is 0. The van der Waals surface area contributed by atoms with Gasteiger partial charge in [-0.05, 0) is 25.8 Å². The zero-order valence-electron chi connectivity index (χ0n) is 10.4. The highest BCUT2D eigenvalue weighted by molar-refractivity contribution is 5.96. The van der Waals surface area contributed by atoms with Gasteiger partial charge >= 0.3 is 5.97 Å². The Morgan fingerprint density at radius 3 is 2.59 bits per heavy atom. The van der Waals surface area contributed by atoms with E-state index in [1.54, 1.807) is 0 Å². The summed E-state index contributed by atoms with van der Waals surface area (Å²) in [5.74, 6) is -0.598. The number of aromatic carboxylic acids is 1. The number of aromatic nitrogens is 1. The van der Waals surface area contributed by atoms with E-state index in [0.717, 1.165) is 12.8 Å². The van der Waals surface area contributed by atoms with Crippen molar-refractivity contribution in [3.05, 3.63) is 17.8 Å². The number of rotatable bonds is 5. The Hall–Kier alpha value is -1.78. The summed E-state index contributed by atoms with van der Waals surface area (Å²) in [6.45, 7) is 6.18. The third-order valence-corrected chi connectivity index (χ3v) is 3.20. The van der Waals surface area contributed by atoms with Gasteiger partial charge in [-0.1, -0.05) is 13.8 Å². The molecule has 0 unspecified atom stereocenters. The van der Waals surface area contributed by atoms with Crippen LogP contribution in [0, 0.1) is 0 Å². The Kier molecular flexibility index (Phi) is 3.93. The van der Waals surface area contributed by atoms with Gasteiger partial charge in [-0.2, -0.15) is 0 Å². The molecule has 17 heavy (non-hydrogen) atoms. The van der Waals surface area contributed by atoms with Crippen LogP contribution in [0.15, 0.2) is 12.3 Å². The second kappa shape index (κ2) is 5.03. The third-order valence-electron chi connectivity index (χ3n) is 3.20. The third kappa shape index (κ3) is 2.87. The molecular weight excluding hydrogens is 218 g/mol. The fourth-order valence-electron chi connectivity index (χ4n) is 1.47. The molecule has 0 bridgehead atoms. The maximum absolute atomic E-state index is 10.9. The van der Waals surface area contributed by atoms with Crippen LogP contribution in [0.5, 0.6) is 0 Å². The van der Waals surface area contributed by atoms with Crippen LogP contribution < -0.4 is 11.1 Å². The Labute approximate surface area is 101 Å². The predicted octanol–water partition coefficient (Wildman–Crippen LogP) is 2.35. The first-order chi connectivity index (χ1) is 7.93. The molecule has 0 aliphatic rings. The van der Waals surface area contributed by atoms with Crippen LogP contribution in [0.3, 0.4) is 0 Å². The van der Waals surface area contributed by atoms with E-state index < -0.39 is 5.97 Å². The van der Waals surface area contributed by atoms with Crippen molar-refractivity contribution in [2.75, 3.05) is 11.1 Å². The number of hydrogen-bond donors (Lipinski definition) is 3. The van der Waals surface area contributed by atoms with Gasteiger partial charge in [-0.25, -0.2) is 9.78 Å². The van der Waals surface area contributed by atoms with E-state index >= 15 is 0 Å². The minimum absolute atomic E-state index is 0.0806. The fraction of sp³-hybridized carbons (Fsp3) is 0.500. The number of carboxylic acids is 1. The number of nitrogens with one attached hydrogen (secondary N) is 1. The van der Waals surface area contributed by atoms with E-state index in [4.69, 9.17) is 10.8 Å². The lowest BCUT2D eigenvalue weighted by Crippen LogP contribution is -2.34. The molecule has 0 aliphatic heterocycles. The molecule has 0 spiro atoms. The number of carboxylic acid groups (broad SMARTS) is 1. The fourth-order valence-corrected chi connectivity index (χ4v) is 1.47. The zero-order chi connectivity index (χ0) is 13.1. The van der Waals surface area contributed by atoms with Crippen molar-refractivity contribution >= 4 is 17.5 Å². The number of pyridine rings is 1. The van der Waals surface area contributed by atoms with Gasteiger partial charge in [0.15, 0.2) is 0 Å². The van der Waals surface area contributed by atoms with Crippen LogP contribution >= 0.6 is 0 Å². The minimum atomic E-state index is -1.04. The van der Waals surface area contributed by atoms with Gasteiger partial charge in [-0.15, -0.1) is 0 Å². The molecule has 0 atom stereocenters. The van der Waals surface area contributed by atoms with E-state index in [1.165, 1.54) is 12.3 Å². The van der Waals surface area contributed by atoms with Gasteiger partial charge in [-0.3, -0.25) is 0 Å². The van der Waals surface area contributed by atoms with Crippen molar-refractivity contribution in [1.29, 1.82) is 0 Å². The molecule has 5 heteroatoms. The zero-order valence-corrected chi connectivity index (χ0v) is 10.4. The second-order valence-electron chi connectivity index (χ2n) is 4.32. The van der Waals surface area contributed by atoms with Crippen molar-refractivity contribution in [2.45, 2.75) is 39.2 Å². The number of hydrogen-bond acceptors (Lipinski definition) is 4. The molecule has 0 saturated heterocycles. The Morgan fingerprint density at radius 2 is 2.12 bits per heavy atom. The SMILES string of the molecule is CCC(C)(CC)Nc1nccc(C(=O)O)c1N. The van der Waals surface area contributed by atoms with Crippen molar-refractivity contribution in [1.82, 2.24) is 4.98 Å². The summed E-state index contributed by atoms with van der Waals surface area (Å²) in [4.78, 5) is 15.0. The molecule has 0 aliphatic carbocycles. The lowest BCUT2D eigenvalue weighted by Gasteiger charge is -2.29. The summed E-state index contributed by atoms with van der Waals surface area (Å²) in [5.41, 5.74) is 5.94. The smallest absolute Gasteiger partial charge is 0.337 e. The van der Waals surface area contributed by atoms with Crippen molar-refractivity contribution < 1.29 is 9.90 Å². The Bertz CT molecular complexity index is 414. The van der Waals surface area contributed by atoms with Gasteiger partial charge in [0.2, 0.25) is 0 Å². The van der Waals surface area contributed by atoms with Crippen LogP contribution in [0.25, 0.3) is 0 Å². The normalized spacial score (nSPS) is 11.2. The highest BCUT2D eigenvalue weighted by Gasteiger charge is 2.22. The van der Waals surface area contributed by atoms with Crippen molar-refractivity contribution in [3.8, 4) is 0 Å². The topological polar surface area (TPSA) is 88.2 Å². The molecule has 0 saturated carbocycles. The maximum Gasteiger partial charge on any atom is 0.337 e. The van der Waals surface area contributed by atoms with Gasteiger partial charge in [0.1, 0.15) is 5.82 Å². The summed E-state index contributed by atoms with van der Waals surface area (Å²) in [6.07, 6.45) is 3.26. The Morgan fingerprint density at radius 1 is 1.53 bits per heavy atom. The molecule has 0 amide bonds. The summed E-state index contributed by atoms with van der Waals surface area (Å²) < 4.78 is 0. The molecule has 0 fully saturated rings. The first-order valence-corrected chi connectivity index (χ1v) is 5.69. The quantitative estimate of drug-likeness (QED) is 0.731. The standard InChI is InChI=1S/C12H19N3O2/c1-4-12(3,5-2)15-10-9(13)8(11(16)17)6-7-14-10/h6-7H,4-5,13H2,1-3H3,(H,14,15)(H,16,17). The largest absolute Gasteiger partial charge is 0.478 e. The minimum Gasteiger partial charge on any atom is -0.478 e. The lowest BCUT2D eigenvalue weighted by molar-refractivity contribution is 0.0698. The van der Waals surface area contributed by atoms with E-state index in [-0.39, 0.29) is 16.8 Å². The summed E-state index contributed by atoms with van der Waals surface area (Å²) in [6, 6.07) is 1.40. The molecule has 0 aromatic carbocycles. The van der Waals surface area contributed by atoms with Gasteiger partial charge in [0.05, 0.1) is 11.3 Å². The molecule has 1 aromatic rings. The van der Waals surface area contributed by atoms with E-state index in [1.807, 2.05) is 0 Å². The number of carbonyl (C=O) groups is 1.